The molecule has 0 saturated carbocycles. The van der Waals surface area contributed by atoms with E-state index in [9.17, 15) is 29.0 Å². The molecular formula is C26H33FN4O5. The van der Waals surface area contributed by atoms with E-state index in [1.807, 2.05) is 13.8 Å². The Morgan fingerprint density at radius 2 is 1.89 bits per heavy atom. The summed E-state index contributed by atoms with van der Waals surface area (Å²) in [6, 6.07) is 4.03. The molecule has 0 fully saturated rings. The molecule has 0 radical (unpaired) electrons. The van der Waals surface area contributed by atoms with Gasteiger partial charge in [-0.2, -0.15) is 0 Å². The summed E-state index contributed by atoms with van der Waals surface area (Å²) in [6.45, 7) is 7.29. The fraction of sp³-hybridized carbons (Fsp3) is 0.423. The number of carbonyl (C=O) groups is 3. The molecule has 2 heterocycles. The predicted octanol–water partition coefficient (Wildman–Crippen LogP) is 2.41. The van der Waals surface area contributed by atoms with Crippen molar-refractivity contribution in [2.24, 2.45) is 0 Å². The number of amides is 3. The number of halogens is 1. The van der Waals surface area contributed by atoms with E-state index in [4.69, 9.17) is 0 Å². The van der Waals surface area contributed by atoms with Crippen molar-refractivity contribution >= 4 is 35.1 Å². The van der Waals surface area contributed by atoms with Crippen molar-refractivity contribution < 1.29 is 29.0 Å². The summed E-state index contributed by atoms with van der Waals surface area (Å²) in [5.74, 6) is -1.45. The van der Waals surface area contributed by atoms with E-state index in [1.54, 1.807) is 19.9 Å². The van der Waals surface area contributed by atoms with Gasteiger partial charge in [0.25, 0.3) is 11.8 Å². The molecular weight excluding hydrogens is 467 g/mol. The second-order valence-electron chi connectivity index (χ2n) is 9.38. The van der Waals surface area contributed by atoms with Crippen molar-refractivity contribution in [1.29, 1.82) is 0 Å². The van der Waals surface area contributed by atoms with E-state index in [-0.39, 0.29) is 49.6 Å². The van der Waals surface area contributed by atoms with Crippen molar-refractivity contribution in [3.63, 3.8) is 0 Å². The maximum absolute atomic E-state index is 13.7. The molecule has 194 valence electrons. The van der Waals surface area contributed by atoms with Crippen molar-refractivity contribution in [3.05, 3.63) is 52.1 Å². The van der Waals surface area contributed by atoms with Crippen LogP contribution in [0.25, 0.3) is 11.6 Å². The van der Waals surface area contributed by atoms with Gasteiger partial charge in [-0.3, -0.25) is 14.4 Å². The summed E-state index contributed by atoms with van der Waals surface area (Å²) >= 11 is 0. The number of aliphatic hydroxyl groups is 2. The Hall–Kier alpha value is -3.50. The molecule has 0 saturated heterocycles. The number of aromatic nitrogens is 1. The van der Waals surface area contributed by atoms with E-state index in [2.05, 4.69) is 20.9 Å². The van der Waals surface area contributed by atoms with Gasteiger partial charge in [0, 0.05) is 35.2 Å². The SMILES string of the molecule is Cc1[nH]c(C=C2C(=O)Nc3ccc(F)cc32)c(C)c1C(=O)NCCC(O)CC(O)CC(=O)NC(C)C. The molecule has 9 nitrogen and oxygen atoms in total. The number of carbonyl (C=O) groups excluding carboxylic acids is 3. The van der Waals surface area contributed by atoms with E-state index in [1.165, 1.54) is 18.2 Å². The van der Waals surface area contributed by atoms with Gasteiger partial charge >= 0.3 is 0 Å². The van der Waals surface area contributed by atoms with Gasteiger partial charge in [-0.1, -0.05) is 0 Å². The summed E-state index contributed by atoms with van der Waals surface area (Å²) in [4.78, 5) is 40.1. The van der Waals surface area contributed by atoms with Crippen molar-refractivity contribution in [1.82, 2.24) is 15.6 Å². The van der Waals surface area contributed by atoms with E-state index in [0.29, 0.717) is 39.3 Å². The minimum Gasteiger partial charge on any atom is -0.393 e. The van der Waals surface area contributed by atoms with E-state index >= 15 is 0 Å². The number of benzene rings is 1. The molecule has 6 N–H and O–H groups in total. The number of nitrogens with one attached hydrogen (secondary N) is 4. The highest BCUT2D eigenvalue weighted by atomic mass is 19.1. The van der Waals surface area contributed by atoms with Crippen molar-refractivity contribution in [2.75, 3.05) is 11.9 Å². The number of anilines is 1. The predicted molar refractivity (Wildman–Crippen MR) is 135 cm³/mol. The zero-order chi connectivity index (χ0) is 26.6. The highest BCUT2D eigenvalue weighted by Crippen LogP contribution is 2.34. The minimum absolute atomic E-state index is 0.0193. The quantitative estimate of drug-likeness (QED) is 0.278. The van der Waals surface area contributed by atoms with Crippen LogP contribution in [0.5, 0.6) is 0 Å². The second kappa shape index (κ2) is 11.5. The monoisotopic (exact) mass is 500 g/mol. The fourth-order valence-corrected chi connectivity index (χ4v) is 4.26. The maximum Gasteiger partial charge on any atom is 0.256 e. The molecule has 2 aromatic rings. The third kappa shape index (κ3) is 6.58. The number of aliphatic hydroxyl groups excluding tert-OH is 2. The Morgan fingerprint density at radius 1 is 1.17 bits per heavy atom. The van der Waals surface area contributed by atoms with Gasteiger partial charge in [-0.05, 0) is 70.4 Å². The topological polar surface area (TPSA) is 144 Å². The summed E-state index contributed by atoms with van der Waals surface area (Å²) in [6.07, 6.45) is -0.146. The Bertz CT molecular complexity index is 1190. The van der Waals surface area contributed by atoms with Crippen LogP contribution in [-0.4, -0.2) is 57.7 Å². The number of hydrogen-bond acceptors (Lipinski definition) is 5. The van der Waals surface area contributed by atoms with Gasteiger partial charge in [0.05, 0.1) is 29.8 Å². The average Bonchev–Trinajstić information content (AvgIpc) is 3.22. The Labute approximate surface area is 209 Å². The van der Waals surface area contributed by atoms with Crippen LogP contribution in [0.15, 0.2) is 18.2 Å². The highest BCUT2D eigenvalue weighted by Gasteiger charge is 2.26. The number of fused-ring (bicyclic) bond motifs is 1. The van der Waals surface area contributed by atoms with Gasteiger partial charge in [0.15, 0.2) is 0 Å². The number of aryl methyl sites for hydroxylation is 1. The van der Waals surface area contributed by atoms with E-state index in [0.717, 1.165) is 0 Å². The summed E-state index contributed by atoms with van der Waals surface area (Å²) < 4.78 is 13.7. The molecule has 1 aromatic heterocycles. The highest BCUT2D eigenvalue weighted by molar-refractivity contribution is 6.34. The summed E-state index contributed by atoms with van der Waals surface area (Å²) in [5.41, 5.74) is 3.47. The van der Waals surface area contributed by atoms with E-state index < -0.39 is 18.0 Å². The number of H-pyrrole nitrogens is 1. The normalized spacial score (nSPS) is 15.6. The lowest BCUT2D eigenvalue weighted by atomic mass is 10.0. The largest absolute Gasteiger partial charge is 0.393 e. The van der Waals surface area contributed by atoms with Crippen molar-refractivity contribution in [3.8, 4) is 0 Å². The zero-order valence-corrected chi connectivity index (χ0v) is 20.9. The van der Waals surface area contributed by atoms with Crippen LogP contribution in [-0.2, 0) is 9.59 Å². The van der Waals surface area contributed by atoms with Gasteiger partial charge in [-0.15, -0.1) is 0 Å². The molecule has 1 aromatic carbocycles. The molecule has 2 atom stereocenters. The smallest absolute Gasteiger partial charge is 0.256 e. The first kappa shape index (κ1) is 27.1. The summed E-state index contributed by atoms with van der Waals surface area (Å²) in [7, 11) is 0. The molecule has 3 rings (SSSR count). The molecule has 1 aliphatic rings. The van der Waals surface area contributed by atoms with Crippen LogP contribution in [0.3, 0.4) is 0 Å². The average molecular weight is 501 g/mol. The van der Waals surface area contributed by atoms with Gasteiger partial charge in [0.2, 0.25) is 5.91 Å². The van der Waals surface area contributed by atoms with Crippen LogP contribution in [0.1, 0.15) is 66.0 Å². The van der Waals surface area contributed by atoms with Gasteiger partial charge in [0.1, 0.15) is 5.82 Å². The molecule has 0 aliphatic carbocycles. The molecule has 36 heavy (non-hydrogen) atoms. The van der Waals surface area contributed by atoms with Crippen LogP contribution in [0, 0.1) is 19.7 Å². The van der Waals surface area contributed by atoms with Gasteiger partial charge < -0.3 is 31.1 Å². The molecule has 2 unspecified atom stereocenters. The fourth-order valence-electron chi connectivity index (χ4n) is 4.26. The molecule has 0 bridgehead atoms. The Morgan fingerprint density at radius 3 is 2.58 bits per heavy atom. The third-order valence-electron chi connectivity index (χ3n) is 5.93. The minimum atomic E-state index is -0.981. The number of rotatable bonds is 10. The maximum atomic E-state index is 13.7. The zero-order valence-electron chi connectivity index (χ0n) is 20.9. The van der Waals surface area contributed by atoms with Crippen LogP contribution < -0.4 is 16.0 Å². The summed E-state index contributed by atoms with van der Waals surface area (Å²) in [5, 5.41) is 28.3. The lowest BCUT2D eigenvalue weighted by molar-refractivity contribution is -0.123. The second-order valence-corrected chi connectivity index (χ2v) is 9.38. The first-order valence-corrected chi connectivity index (χ1v) is 11.9. The molecule has 0 spiro atoms. The molecule has 10 heteroatoms. The standard InChI is InChI=1S/C26H33FN4O5/c1-13(2)29-23(34)11-18(33)10-17(32)7-8-28-26(36)24-14(3)22(30-15(24)4)12-20-19-9-16(27)5-6-21(19)31-25(20)35/h5-6,9,12-13,17-18,30,32-33H,7-8,10-11H2,1-4H3,(H,28,36)(H,29,34)(H,31,35). The Kier molecular flexibility index (Phi) is 8.65. The lowest BCUT2D eigenvalue weighted by Crippen LogP contribution is -2.34. The molecule has 3 amide bonds. The first-order chi connectivity index (χ1) is 17.0. The number of hydrogen-bond donors (Lipinski definition) is 6. The van der Waals surface area contributed by atoms with Crippen molar-refractivity contribution in [2.45, 2.75) is 65.2 Å². The van der Waals surface area contributed by atoms with Gasteiger partial charge in [-0.25, -0.2) is 4.39 Å². The van der Waals surface area contributed by atoms with Crippen LogP contribution in [0.2, 0.25) is 0 Å². The lowest BCUT2D eigenvalue weighted by Gasteiger charge is -2.16. The third-order valence-corrected chi connectivity index (χ3v) is 5.93. The van der Waals surface area contributed by atoms with Crippen LogP contribution >= 0.6 is 0 Å². The number of aromatic amines is 1. The first-order valence-electron chi connectivity index (χ1n) is 11.9. The Balaban J connectivity index is 1.60. The molecule has 1 aliphatic heterocycles. The van der Waals surface area contributed by atoms with Crippen LogP contribution in [0.4, 0.5) is 10.1 Å².